The van der Waals surface area contributed by atoms with Crippen LogP contribution >= 0.6 is 0 Å². The summed E-state index contributed by atoms with van der Waals surface area (Å²) in [5.74, 6) is -2.84. The van der Waals surface area contributed by atoms with Crippen molar-refractivity contribution in [3.63, 3.8) is 0 Å². The smallest absolute Gasteiger partial charge is 0.314 e. The van der Waals surface area contributed by atoms with Crippen molar-refractivity contribution in [2.75, 3.05) is 13.2 Å². The molecule has 0 radical (unpaired) electrons. The lowest BCUT2D eigenvalue weighted by Gasteiger charge is -2.30. The van der Waals surface area contributed by atoms with Gasteiger partial charge >= 0.3 is 5.97 Å². The standard InChI is InChI=1S/C28H33F3O4/c1-2-34-21-11-14-25(24(29)15-21)35-28(33)20-9-7-19(8-10-20)23-13-12-22(26(30)27(23)31)18-5-3-17(16-32)4-6-18/h11-15,17-20,32H,2-10,16H2,1H3. The van der Waals surface area contributed by atoms with E-state index in [-0.39, 0.29) is 30.1 Å². The molecular formula is C28H33F3O4. The van der Waals surface area contributed by atoms with Crippen molar-refractivity contribution < 1.29 is 32.5 Å². The summed E-state index contributed by atoms with van der Waals surface area (Å²) in [5, 5.41) is 9.31. The minimum absolute atomic E-state index is 0.0187. The van der Waals surface area contributed by atoms with Crippen LogP contribution in [0, 0.1) is 29.3 Å². The third-order valence-corrected chi connectivity index (χ3v) is 7.61. The predicted molar refractivity (Wildman–Crippen MR) is 126 cm³/mol. The summed E-state index contributed by atoms with van der Waals surface area (Å²) in [6.07, 6.45) is 5.15. The maximum Gasteiger partial charge on any atom is 0.314 e. The van der Waals surface area contributed by atoms with Crippen LogP contribution in [-0.2, 0) is 4.79 Å². The molecule has 0 heterocycles. The molecule has 2 fully saturated rings. The second-order valence-corrected chi connectivity index (χ2v) is 9.77. The van der Waals surface area contributed by atoms with Crippen molar-refractivity contribution in [2.45, 2.75) is 70.1 Å². The summed E-state index contributed by atoms with van der Waals surface area (Å²) >= 11 is 0. The van der Waals surface area contributed by atoms with Gasteiger partial charge in [0.05, 0.1) is 12.5 Å². The molecule has 0 aliphatic heterocycles. The second-order valence-electron chi connectivity index (χ2n) is 9.77. The fourth-order valence-corrected chi connectivity index (χ4v) is 5.52. The van der Waals surface area contributed by atoms with E-state index in [1.54, 1.807) is 25.1 Å². The minimum atomic E-state index is -0.783. The summed E-state index contributed by atoms with van der Waals surface area (Å²) in [6.45, 7) is 2.34. The van der Waals surface area contributed by atoms with Crippen LogP contribution in [0.5, 0.6) is 11.5 Å². The summed E-state index contributed by atoms with van der Waals surface area (Å²) < 4.78 is 54.8. The van der Waals surface area contributed by atoms with Crippen LogP contribution in [0.4, 0.5) is 13.2 Å². The Bertz CT molecular complexity index is 1030. The van der Waals surface area contributed by atoms with Crippen LogP contribution in [-0.4, -0.2) is 24.3 Å². The van der Waals surface area contributed by atoms with E-state index in [2.05, 4.69) is 0 Å². The molecule has 0 spiro atoms. The fraction of sp³-hybridized carbons (Fsp3) is 0.536. The number of hydrogen-bond acceptors (Lipinski definition) is 4. The SMILES string of the molecule is CCOc1ccc(OC(=O)C2CCC(c3ccc(C4CCC(CO)CC4)c(F)c3F)CC2)c(F)c1. The van der Waals surface area contributed by atoms with Crippen molar-refractivity contribution in [1.29, 1.82) is 0 Å². The maximum atomic E-state index is 15.1. The lowest BCUT2D eigenvalue weighted by atomic mass is 9.76. The molecule has 0 bridgehead atoms. The number of esters is 1. The van der Waals surface area contributed by atoms with Gasteiger partial charge in [0.1, 0.15) is 5.75 Å². The molecule has 0 aromatic heterocycles. The maximum absolute atomic E-state index is 15.1. The van der Waals surface area contributed by atoms with E-state index in [1.165, 1.54) is 12.1 Å². The molecule has 35 heavy (non-hydrogen) atoms. The molecule has 0 amide bonds. The van der Waals surface area contributed by atoms with Crippen LogP contribution in [0.25, 0.3) is 0 Å². The average molecular weight is 491 g/mol. The van der Waals surface area contributed by atoms with Crippen molar-refractivity contribution in [3.05, 3.63) is 58.9 Å². The van der Waals surface area contributed by atoms with E-state index in [0.29, 0.717) is 49.2 Å². The first-order valence-electron chi connectivity index (χ1n) is 12.6. The number of benzene rings is 2. The molecule has 2 saturated carbocycles. The van der Waals surface area contributed by atoms with E-state index in [0.717, 1.165) is 25.7 Å². The zero-order valence-electron chi connectivity index (χ0n) is 20.1. The van der Waals surface area contributed by atoms with Crippen LogP contribution < -0.4 is 9.47 Å². The molecule has 7 heteroatoms. The van der Waals surface area contributed by atoms with Gasteiger partial charge < -0.3 is 14.6 Å². The van der Waals surface area contributed by atoms with E-state index < -0.39 is 29.3 Å². The topological polar surface area (TPSA) is 55.8 Å². The predicted octanol–water partition coefficient (Wildman–Crippen LogP) is 6.65. The Balaban J connectivity index is 1.35. The van der Waals surface area contributed by atoms with Crippen LogP contribution in [0.3, 0.4) is 0 Å². The van der Waals surface area contributed by atoms with Crippen LogP contribution in [0.2, 0.25) is 0 Å². The molecule has 0 atom stereocenters. The molecule has 2 aromatic rings. The van der Waals surface area contributed by atoms with Crippen molar-refractivity contribution in [2.24, 2.45) is 11.8 Å². The monoisotopic (exact) mass is 490 g/mol. The first-order chi connectivity index (χ1) is 16.9. The molecule has 4 nitrogen and oxygen atoms in total. The highest BCUT2D eigenvalue weighted by Gasteiger charge is 2.32. The van der Waals surface area contributed by atoms with Gasteiger partial charge in [-0.05, 0) is 99.3 Å². The van der Waals surface area contributed by atoms with Gasteiger partial charge in [0.15, 0.2) is 23.2 Å². The Morgan fingerprint density at radius 2 is 1.46 bits per heavy atom. The van der Waals surface area contributed by atoms with Gasteiger partial charge in [-0.25, -0.2) is 13.2 Å². The van der Waals surface area contributed by atoms with E-state index >= 15 is 4.39 Å². The second kappa shape index (κ2) is 11.5. The average Bonchev–Trinajstić information content (AvgIpc) is 2.87. The first-order valence-corrected chi connectivity index (χ1v) is 12.6. The Labute approximate surface area is 204 Å². The van der Waals surface area contributed by atoms with Gasteiger partial charge in [0, 0.05) is 12.7 Å². The van der Waals surface area contributed by atoms with E-state index in [4.69, 9.17) is 9.47 Å². The normalized spacial score (nSPS) is 24.7. The van der Waals surface area contributed by atoms with Gasteiger partial charge in [0.2, 0.25) is 0 Å². The first kappa shape index (κ1) is 25.5. The number of carbonyl (C=O) groups is 1. The number of halogens is 3. The molecule has 2 aliphatic rings. The van der Waals surface area contributed by atoms with Gasteiger partial charge in [0.25, 0.3) is 0 Å². The highest BCUT2D eigenvalue weighted by Crippen LogP contribution is 2.41. The van der Waals surface area contributed by atoms with Gasteiger partial charge in [-0.1, -0.05) is 12.1 Å². The van der Waals surface area contributed by atoms with Gasteiger partial charge in [-0.3, -0.25) is 4.79 Å². The largest absolute Gasteiger partial charge is 0.494 e. The fourth-order valence-electron chi connectivity index (χ4n) is 5.52. The Morgan fingerprint density at radius 3 is 1.97 bits per heavy atom. The van der Waals surface area contributed by atoms with Crippen molar-refractivity contribution in [1.82, 2.24) is 0 Å². The summed E-state index contributed by atoms with van der Waals surface area (Å²) in [4.78, 5) is 12.6. The molecule has 4 rings (SSSR count). The molecule has 190 valence electrons. The van der Waals surface area contributed by atoms with Crippen LogP contribution in [0.15, 0.2) is 30.3 Å². The van der Waals surface area contributed by atoms with E-state index in [1.807, 2.05) is 0 Å². The molecule has 1 N–H and O–H groups in total. The number of rotatable bonds is 7. The minimum Gasteiger partial charge on any atom is -0.494 e. The van der Waals surface area contributed by atoms with Crippen molar-refractivity contribution >= 4 is 5.97 Å². The number of ether oxygens (including phenoxy) is 2. The van der Waals surface area contributed by atoms with E-state index in [9.17, 15) is 18.7 Å². The number of carbonyl (C=O) groups excluding carboxylic acids is 1. The lowest BCUT2D eigenvalue weighted by molar-refractivity contribution is -0.140. The Kier molecular flexibility index (Phi) is 8.37. The van der Waals surface area contributed by atoms with Crippen molar-refractivity contribution in [3.8, 4) is 11.5 Å². The Hall–Kier alpha value is -2.54. The van der Waals surface area contributed by atoms with Gasteiger partial charge in [-0.15, -0.1) is 0 Å². The zero-order valence-corrected chi connectivity index (χ0v) is 20.1. The number of hydrogen-bond donors (Lipinski definition) is 1. The van der Waals surface area contributed by atoms with Crippen LogP contribution in [0.1, 0.15) is 81.3 Å². The third-order valence-electron chi connectivity index (χ3n) is 7.61. The highest BCUT2D eigenvalue weighted by atomic mass is 19.2. The lowest BCUT2D eigenvalue weighted by Crippen LogP contribution is -2.26. The molecule has 0 unspecified atom stereocenters. The third kappa shape index (κ3) is 5.83. The Morgan fingerprint density at radius 1 is 0.886 bits per heavy atom. The summed E-state index contributed by atoms with van der Waals surface area (Å²) in [5.41, 5.74) is 0.789. The molecular weight excluding hydrogens is 457 g/mol. The highest BCUT2D eigenvalue weighted by molar-refractivity contribution is 5.75. The molecule has 2 aliphatic carbocycles. The quantitative estimate of drug-likeness (QED) is 0.349. The summed E-state index contributed by atoms with van der Waals surface area (Å²) in [7, 11) is 0. The molecule has 2 aromatic carbocycles. The number of aliphatic hydroxyl groups excluding tert-OH is 1. The number of aliphatic hydroxyl groups is 1. The summed E-state index contributed by atoms with van der Waals surface area (Å²) in [6, 6.07) is 7.52. The van der Waals surface area contributed by atoms with Gasteiger partial charge in [-0.2, -0.15) is 0 Å². The molecule has 0 saturated heterocycles. The zero-order chi connectivity index (χ0) is 24.9.